The van der Waals surface area contributed by atoms with Gasteiger partial charge in [-0.1, -0.05) is 84.9 Å². The smallest absolute Gasteiger partial charge is 0.309 e. The molecule has 5 nitrogen and oxygen atoms in total. The van der Waals surface area contributed by atoms with Crippen LogP contribution in [0.5, 0.6) is 0 Å². The minimum absolute atomic E-state index is 0.0622. The molecule has 70 heavy (non-hydrogen) atoms. The molecule has 0 fully saturated rings. The minimum Gasteiger partial charge on any atom is -0.309 e. The first kappa shape index (κ1) is 43.2. The first-order chi connectivity index (χ1) is 33.8. The van der Waals surface area contributed by atoms with Gasteiger partial charge in [0.2, 0.25) is 0 Å². The van der Waals surface area contributed by atoms with Gasteiger partial charge in [0, 0.05) is 32.7 Å². The molecule has 2 aromatic heterocycles. The van der Waals surface area contributed by atoms with E-state index in [4.69, 9.17) is 0 Å². The van der Waals surface area contributed by atoms with Gasteiger partial charge in [0.15, 0.2) is 0 Å². The summed E-state index contributed by atoms with van der Waals surface area (Å²) < 4.78 is 90.4. The van der Waals surface area contributed by atoms with Crippen LogP contribution >= 0.6 is 0 Å². The second kappa shape index (κ2) is 16.4. The van der Waals surface area contributed by atoms with E-state index < -0.39 is 23.5 Å². The number of benzene rings is 9. The Bertz CT molecular complexity index is 4030. The van der Waals surface area contributed by atoms with Gasteiger partial charge in [-0.2, -0.15) is 42.1 Å². The molecule has 0 N–H and O–H groups in total. The quantitative estimate of drug-likeness (QED) is 0.156. The summed E-state index contributed by atoms with van der Waals surface area (Å²) in [6.45, 7) is 0. The van der Waals surface area contributed by atoms with Crippen LogP contribution in [0.15, 0.2) is 188 Å². The van der Waals surface area contributed by atoms with E-state index >= 15 is 0 Å². The second-order valence-electron chi connectivity index (χ2n) is 16.9. The van der Waals surface area contributed by atoms with Crippen LogP contribution in [0.25, 0.3) is 99.5 Å². The number of nitrogens with zero attached hydrogens (tertiary/aromatic N) is 5. The molecular weight excluding hydrogens is 893 g/mol. The lowest BCUT2D eigenvalue weighted by molar-refractivity contribution is -0.143. The molecule has 2 heterocycles. The van der Waals surface area contributed by atoms with E-state index in [2.05, 4.69) is 24.3 Å². The number of hydrogen-bond acceptors (Lipinski definition) is 3. The molecule has 0 saturated carbocycles. The molecule has 0 bridgehead atoms. The van der Waals surface area contributed by atoms with E-state index in [0.29, 0.717) is 45.8 Å². The molecule has 0 aliphatic rings. The van der Waals surface area contributed by atoms with Crippen LogP contribution in [0, 0.1) is 34.0 Å². The van der Waals surface area contributed by atoms with Crippen LogP contribution in [0.1, 0.15) is 27.8 Å². The molecule has 334 valence electrons. The number of aromatic nitrogens is 2. The van der Waals surface area contributed by atoms with Crippen LogP contribution in [0.2, 0.25) is 0 Å². The van der Waals surface area contributed by atoms with Gasteiger partial charge < -0.3 is 9.13 Å². The van der Waals surface area contributed by atoms with E-state index in [1.165, 1.54) is 6.07 Å². The lowest BCUT2D eigenvalue weighted by atomic mass is 9.91. The van der Waals surface area contributed by atoms with Crippen molar-refractivity contribution in [1.29, 1.82) is 15.8 Å². The highest BCUT2D eigenvalue weighted by Gasteiger charge is 2.37. The molecule has 0 spiro atoms. The summed E-state index contributed by atoms with van der Waals surface area (Å²) in [7, 11) is 0. The fourth-order valence-corrected chi connectivity index (χ4v) is 9.63. The van der Waals surface area contributed by atoms with Crippen molar-refractivity contribution in [2.24, 2.45) is 0 Å². The van der Waals surface area contributed by atoms with Crippen LogP contribution in [-0.2, 0) is 12.4 Å². The molecule has 11 rings (SSSR count). The van der Waals surface area contributed by atoms with Crippen molar-refractivity contribution in [3.63, 3.8) is 0 Å². The van der Waals surface area contributed by atoms with Crippen molar-refractivity contribution in [2.45, 2.75) is 12.4 Å². The van der Waals surface area contributed by atoms with Gasteiger partial charge in [-0.15, -0.1) is 0 Å². The molecule has 11 aromatic rings. The van der Waals surface area contributed by atoms with Gasteiger partial charge in [-0.05, 0) is 137 Å². The summed E-state index contributed by atoms with van der Waals surface area (Å²) in [5.74, 6) is 0. The van der Waals surface area contributed by atoms with Crippen molar-refractivity contribution in [2.75, 3.05) is 0 Å². The predicted octanol–water partition coefficient (Wildman–Crippen LogP) is 16.2. The van der Waals surface area contributed by atoms with E-state index in [-0.39, 0.29) is 22.8 Å². The second-order valence-corrected chi connectivity index (χ2v) is 16.9. The summed E-state index contributed by atoms with van der Waals surface area (Å²) >= 11 is 0. The van der Waals surface area contributed by atoms with Gasteiger partial charge in [0.05, 0.1) is 79.5 Å². The molecule has 0 atom stereocenters. The van der Waals surface area contributed by atoms with Crippen LogP contribution in [-0.4, -0.2) is 9.13 Å². The van der Waals surface area contributed by atoms with Gasteiger partial charge >= 0.3 is 12.4 Å². The number of hydrogen-bond donors (Lipinski definition) is 0. The van der Waals surface area contributed by atoms with Gasteiger partial charge in [0.25, 0.3) is 0 Å². The topological polar surface area (TPSA) is 81.2 Å². The summed E-state index contributed by atoms with van der Waals surface area (Å²) in [6.07, 6.45) is -10.2. The molecule has 0 saturated heterocycles. The van der Waals surface area contributed by atoms with Crippen molar-refractivity contribution in [3.05, 3.63) is 216 Å². The molecule has 11 heteroatoms. The maximum atomic E-state index is 14.4. The molecule has 9 aromatic carbocycles. The minimum atomic E-state index is -5.09. The summed E-state index contributed by atoms with van der Waals surface area (Å²) in [6, 6.07) is 60.2. The van der Waals surface area contributed by atoms with E-state index in [1.54, 1.807) is 48.5 Å². The Morgan fingerprint density at radius 2 is 0.786 bits per heavy atom. The maximum absolute atomic E-state index is 14.4. The summed E-state index contributed by atoms with van der Waals surface area (Å²) in [5, 5.41) is 33.4. The van der Waals surface area contributed by atoms with Crippen molar-refractivity contribution in [1.82, 2.24) is 9.13 Å². The van der Waals surface area contributed by atoms with Crippen LogP contribution in [0.3, 0.4) is 0 Å². The molecule has 0 amide bonds. The average Bonchev–Trinajstić information content (AvgIpc) is 3.89. The summed E-state index contributed by atoms with van der Waals surface area (Å²) in [4.78, 5) is 0. The average molecular weight is 924 g/mol. The first-order valence-electron chi connectivity index (χ1n) is 21.9. The van der Waals surface area contributed by atoms with Crippen molar-refractivity contribution >= 4 is 43.6 Å². The summed E-state index contributed by atoms with van der Waals surface area (Å²) in [5.41, 5.74) is 6.51. The highest BCUT2D eigenvalue weighted by atomic mass is 19.4. The SMILES string of the molecule is N#Cc1ccc(-c2ccc3c(c2)c2ccccc2n3-c2ccc(-c3cc(C(F)(F)F)cc(C(F)(F)F)c3)cc2-c2c(C#N)cccc2-n2c3ccccc3c3cc(-c4ccc(C#N)cc4)ccc32)cc1. The normalized spacial score (nSPS) is 11.8. The van der Waals surface area contributed by atoms with Crippen LogP contribution < -0.4 is 0 Å². The Kier molecular flexibility index (Phi) is 10.2. The number of para-hydroxylation sites is 2. The Morgan fingerprint density at radius 3 is 1.27 bits per heavy atom. The van der Waals surface area contributed by atoms with Gasteiger partial charge in [-0.25, -0.2) is 0 Å². The lowest BCUT2D eigenvalue weighted by Gasteiger charge is -2.21. The third-order valence-corrected chi connectivity index (χ3v) is 12.9. The Labute approximate surface area is 395 Å². The third kappa shape index (κ3) is 7.27. The Hall–Kier alpha value is -9.37. The number of nitriles is 3. The van der Waals surface area contributed by atoms with E-state index in [9.17, 15) is 42.1 Å². The molecule has 0 radical (unpaired) electrons. The number of halogens is 6. The standard InChI is InChI=1S/C59H31F6N5/c60-58(61,62)44-26-43(27-45(31-44)59(63,64)65)41-22-25-55(69-51-9-3-1-7-46(51)48-28-39(20-23-53(48)69)37-16-12-35(32-66)13-17-37)50(30-41)57-42(34-68)6-5-11-56(57)70-52-10-4-2-8-47(52)49-29-40(21-24-54(49)70)38-18-14-36(33-67)15-19-38/h1-31H. The largest absolute Gasteiger partial charge is 0.416 e. The zero-order valence-corrected chi connectivity index (χ0v) is 36.4. The highest BCUT2D eigenvalue weighted by molar-refractivity contribution is 6.13. The Morgan fingerprint density at radius 1 is 0.343 bits per heavy atom. The van der Waals surface area contributed by atoms with E-state index in [1.807, 2.05) is 118 Å². The monoisotopic (exact) mass is 923 g/mol. The fourth-order valence-electron chi connectivity index (χ4n) is 9.63. The number of fused-ring (bicyclic) bond motifs is 6. The van der Waals surface area contributed by atoms with Crippen molar-refractivity contribution in [3.8, 4) is 74.1 Å². The fraction of sp³-hybridized carbons (Fsp3) is 0.0339. The Balaban J connectivity index is 1.22. The third-order valence-electron chi connectivity index (χ3n) is 12.9. The number of rotatable bonds is 6. The first-order valence-corrected chi connectivity index (χ1v) is 21.9. The van der Waals surface area contributed by atoms with Gasteiger partial charge in [-0.3, -0.25) is 0 Å². The van der Waals surface area contributed by atoms with Gasteiger partial charge in [0.1, 0.15) is 0 Å². The number of alkyl halides is 6. The molecule has 0 aliphatic carbocycles. The maximum Gasteiger partial charge on any atom is 0.416 e. The zero-order valence-electron chi connectivity index (χ0n) is 36.4. The highest BCUT2D eigenvalue weighted by Crippen LogP contribution is 2.46. The lowest BCUT2D eigenvalue weighted by Crippen LogP contribution is -2.11. The predicted molar refractivity (Wildman–Crippen MR) is 261 cm³/mol. The zero-order chi connectivity index (χ0) is 48.5. The van der Waals surface area contributed by atoms with Crippen LogP contribution in [0.4, 0.5) is 26.3 Å². The van der Waals surface area contributed by atoms with E-state index in [0.717, 1.165) is 65.9 Å². The molecule has 0 unspecified atom stereocenters. The molecule has 0 aliphatic heterocycles. The van der Waals surface area contributed by atoms with Crippen molar-refractivity contribution < 1.29 is 26.3 Å². The molecular formula is C59H31F6N5.